The average Bonchev–Trinajstić information content (AvgIpc) is 2.14. The van der Waals surface area contributed by atoms with Crippen LogP contribution in [0.25, 0.3) is 0 Å². The highest BCUT2D eigenvalue weighted by molar-refractivity contribution is 4.59. The van der Waals surface area contributed by atoms with Crippen molar-refractivity contribution in [1.29, 1.82) is 0 Å². The molecule has 1 atom stereocenters. The second-order valence-corrected chi connectivity index (χ2v) is 1.87. The summed E-state index contributed by atoms with van der Waals surface area (Å²) >= 11 is 0. The third kappa shape index (κ3) is 2.00. The van der Waals surface area contributed by atoms with Crippen molar-refractivity contribution in [3.05, 3.63) is 18.7 Å². The first-order chi connectivity index (χ1) is 4.20. The summed E-state index contributed by atoms with van der Waals surface area (Å²) in [7, 11) is 0. The Hall–Kier alpha value is -0.550. The Morgan fingerprint density at radius 3 is 2.40 bits per heavy atom. The highest BCUT2D eigenvalue weighted by Crippen LogP contribution is 1.85. The number of aliphatic hydroxyl groups excluding tert-OH is 1. The lowest BCUT2D eigenvalue weighted by Crippen LogP contribution is -3.00. The van der Waals surface area contributed by atoms with Gasteiger partial charge in [-0.25, -0.2) is 4.57 Å². The van der Waals surface area contributed by atoms with Crippen LogP contribution in [-0.2, 0) is 0 Å². The average molecular weight is 209 g/mol. The zero-order valence-electron chi connectivity index (χ0n) is 5.48. The molecule has 0 saturated heterocycles. The molecular formula is C5H9BrN2O2. The first-order valence-electron chi connectivity index (χ1n) is 2.66. The summed E-state index contributed by atoms with van der Waals surface area (Å²) in [5, 5.41) is 17.6. The normalized spacial score (nSPS) is 12.2. The third-order valence-electron chi connectivity index (χ3n) is 1.07. The lowest BCUT2D eigenvalue weighted by atomic mass is 10.6. The molecule has 1 aromatic rings. The van der Waals surface area contributed by atoms with Crippen molar-refractivity contribution in [2.75, 3.05) is 0 Å². The van der Waals surface area contributed by atoms with Crippen LogP contribution in [0.5, 0.6) is 0 Å². The molecule has 1 unspecified atom stereocenters. The Balaban J connectivity index is 0.000000810. The van der Waals surface area contributed by atoms with E-state index >= 15 is 0 Å². The smallest absolute Gasteiger partial charge is 0.286 e. The Morgan fingerprint density at radius 1 is 1.60 bits per heavy atom. The van der Waals surface area contributed by atoms with Crippen LogP contribution in [-0.4, -0.2) is 15.0 Å². The molecule has 1 heterocycles. The summed E-state index contributed by atoms with van der Waals surface area (Å²) in [5.41, 5.74) is 0. The monoisotopic (exact) mass is 208 g/mol. The van der Waals surface area contributed by atoms with Crippen LogP contribution in [0.15, 0.2) is 18.7 Å². The quantitative estimate of drug-likeness (QED) is 0.373. The number of rotatable bonds is 1. The van der Waals surface area contributed by atoms with Gasteiger partial charge in [0.15, 0.2) is 12.4 Å². The van der Waals surface area contributed by atoms with Crippen molar-refractivity contribution >= 4 is 0 Å². The molecule has 5 heteroatoms. The topological polar surface area (TPSA) is 49.3 Å². The molecule has 0 bridgehead atoms. The molecule has 0 aromatic carbocycles. The molecular weight excluding hydrogens is 200 g/mol. The fourth-order valence-corrected chi connectivity index (χ4v) is 0.580. The van der Waals surface area contributed by atoms with Crippen molar-refractivity contribution in [1.82, 2.24) is 4.73 Å². The van der Waals surface area contributed by atoms with E-state index in [4.69, 9.17) is 10.3 Å². The molecule has 1 rings (SSSR count). The van der Waals surface area contributed by atoms with Gasteiger partial charge >= 0.3 is 0 Å². The van der Waals surface area contributed by atoms with Gasteiger partial charge in [-0.1, -0.05) is 4.73 Å². The largest absolute Gasteiger partial charge is 1.00 e. The Morgan fingerprint density at radius 2 is 2.20 bits per heavy atom. The molecule has 4 nitrogen and oxygen atoms in total. The van der Waals surface area contributed by atoms with Gasteiger partial charge in [-0.05, 0) is 0 Å². The van der Waals surface area contributed by atoms with Crippen LogP contribution in [0.1, 0.15) is 13.2 Å². The van der Waals surface area contributed by atoms with Crippen LogP contribution < -0.4 is 21.5 Å². The van der Waals surface area contributed by atoms with Gasteiger partial charge in [0.05, 0.1) is 0 Å². The summed E-state index contributed by atoms with van der Waals surface area (Å²) < 4.78 is 2.35. The number of halogens is 1. The third-order valence-corrected chi connectivity index (χ3v) is 1.07. The maximum Gasteiger partial charge on any atom is 0.286 e. The first kappa shape index (κ1) is 9.45. The lowest BCUT2D eigenvalue weighted by molar-refractivity contribution is -0.756. The summed E-state index contributed by atoms with van der Waals surface area (Å²) in [4.78, 5) is 0. The van der Waals surface area contributed by atoms with E-state index < -0.39 is 6.23 Å². The minimum Gasteiger partial charge on any atom is -1.00 e. The lowest BCUT2D eigenvalue weighted by Gasteiger charge is -1.94. The number of hydrogen-bond acceptors (Lipinski definition) is 2. The van der Waals surface area contributed by atoms with E-state index in [0.717, 1.165) is 4.73 Å². The highest BCUT2D eigenvalue weighted by atomic mass is 79.9. The molecule has 0 saturated carbocycles. The zero-order chi connectivity index (χ0) is 6.85. The molecule has 0 aliphatic rings. The summed E-state index contributed by atoms with van der Waals surface area (Å²) in [6, 6.07) is 0. The van der Waals surface area contributed by atoms with E-state index in [0.29, 0.717) is 0 Å². The van der Waals surface area contributed by atoms with Gasteiger partial charge in [-0.3, -0.25) is 0 Å². The number of imidazole rings is 1. The molecule has 2 N–H and O–H groups in total. The molecule has 10 heavy (non-hydrogen) atoms. The van der Waals surface area contributed by atoms with E-state index in [-0.39, 0.29) is 17.0 Å². The molecule has 0 spiro atoms. The maximum absolute atomic E-state index is 8.88. The minimum absolute atomic E-state index is 0. The molecule has 0 fully saturated rings. The van der Waals surface area contributed by atoms with Crippen LogP contribution in [0.3, 0.4) is 0 Å². The predicted molar refractivity (Wildman–Crippen MR) is 28.7 cm³/mol. The van der Waals surface area contributed by atoms with Gasteiger partial charge in [0.1, 0.15) is 6.20 Å². The molecule has 0 amide bonds. The fourth-order valence-electron chi connectivity index (χ4n) is 0.580. The standard InChI is InChI=1S/C5H9N2O2.BrH/c1-5(8)6-2-3-7(9)4-6;/h2-5,8-9H,1H3;1H/q+1;/p-1. The predicted octanol–water partition coefficient (Wildman–Crippen LogP) is -3.47. The van der Waals surface area contributed by atoms with Gasteiger partial charge in [-0.2, -0.15) is 0 Å². The second kappa shape index (κ2) is 3.58. The van der Waals surface area contributed by atoms with Gasteiger partial charge in [0.2, 0.25) is 0 Å². The molecule has 1 aromatic heterocycles. The van der Waals surface area contributed by atoms with Crippen molar-refractivity contribution in [2.24, 2.45) is 0 Å². The summed E-state index contributed by atoms with van der Waals surface area (Å²) in [5.74, 6) is 0. The summed E-state index contributed by atoms with van der Waals surface area (Å²) in [6.45, 7) is 1.61. The Labute approximate surface area is 69.1 Å². The molecule has 0 aliphatic heterocycles. The zero-order valence-corrected chi connectivity index (χ0v) is 7.06. The molecule has 0 aliphatic carbocycles. The molecule has 0 radical (unpaired) electrons. The number of aromatic nitrogens is 2. The van der Waals surface area contributed by atoms with Gasteiger partial charge in [0.25, 0.3) is 6.33 Å². The van der Waals surface area contributed by atoms with Crippen LogP contribution in [0.4, 0.5) is 0 Å². The van der Waals surface area contributed by atoms with E-state index in [9.17, 15) is 0 Å². The summed E-state index contributed by atoms with van der Waals surface area (Å²) in [6.07, 6.45) is 3.81. The Bertz CT molecular complexity index is 199. The highest BCUT2D eigenvalue weighted by Gasteiger charge is 2.05. The van der Waals surface area contributed by atoms with Gasteiger partial charge < -0.3 is 27.3 Å². The van der Waals surface area contributed by atoms with Gasteiger partial charge in [0, 0.05) is 6.92 Å². The van der Waals surface area contributed by atoms with Gasteiger partial charge in [-0.15, -0.1) is 0 Å². The Kier molecular flexibility index (Phi) is 3.38. The van der Waals surface area contributed by atoms with Crippen molar-refractivity contribution < 1.29 is 31.9 Å². The molecule has 58 valence electrons. The number of aliphatic hydroxyl groups is 1. The SMILES string of the molecule is CC(O)[n+]1ccn(O)c1.[Br-]. The fraction of sp³-hybridized carbons (Fsp3) is 0.400. The van der Waals surface area contributed by atoms with E-state index in [2.05, 4.69) is 0 Å². The maximum atomic E-state index is 8.88. The van der Waals surface area contributed by atoms with Crippen molar-refractivity contribution in [2.45, 2.75) is 13.2 Å². The van der Waals surface area contributed by atoms with Crippen molar-refractivity contribution in [3.63, 3.8) is 0 Å². The number of hydrogen-bond donors (Lipinski definition) is 2. The van der Waals surface area contributed by atoms with Crippen LogP contribution in [0, 0.1) is 0 Å². The first-order valence-corrected chi connectivity index (χ1v) is 2.66. The van der Waals surface area contributed by atoms with E-state index in [1.54, 1.807) is 13.1 Å². The van der Waals surface area contributed by atoms with Crippen molar-refractivity contribution in [3.8, 4) is 0 Å². The number of nitrogens with zero attached hydrogens (tertiary/aromatic N) is 2. The second-order valence-electron chi connectivity index (χ2n) is 1.87. The van der Waals surface area contributed by atoms with Crippen LogP contribution in [0.2, 0.25) is 0 Å². The van der Waals surface area contributed by atoms with E-state index in [1.807, 2.05) is 0 Å². The minimum atomic E-state index is -0.585. The van der Waals surface area contributed by atoms with Crippen LogP contribution >= 0.6 is 0 Å². The van der Waals surface area contributed by atoms with E-state index in [1.165, 1.54) is 17.1 Å².